The van der Waals surface area contributed by atoms with E-state index in [0.29, 0.717) is 17.1 Å². The molecule has 1 aromatic heterocycles. The maximum absolute atomic E-state index is 12.7. The van der Waals surface area contributed by atoms with Crippen LogP contribution in [-0.4, -0.2) is 29.7 Å². The zero-order valence-electron chi connectivity index (χ0n) is 18.6. The number of imidazole rings is 1. The van der Waals surface area contributed by atoms with E-state index in [1.807, 2.05) is 30.3 Å². The summed E-state index contributed by atoms with van der Waals surface area (Å²) in [6.07, 6.45) is 1.74. The number of benzene rings is 3. The van der Waals surface area contributed by atoms with Gasteiger partial charge in [-0.15, -0.1) is 0 Å². The van der Waals surface area contributed by atoms with Crippen LogP contribution in [0, 0.1) is 0 Å². The summed E-state index contributed by atoms with van der Waals surface area (Å²) in [5, 5.41) is 2.93. The minimum absolute atomic E-state index is 0.216. The lowest BCUT2D eigenvalue weighted by atomic mass is 10.1. The number of para-hydroxylation sites is 2. The molecule has 0 saturated carbocycles. The fraction of sp³-hybridized carbons (Fsp3) is 0.231. The number of ether oxygens (including phenoxy) is 2. The van der Waals surface area contributed by atoms with Crippen LogP contribution in [0.4, 0.5) is 5.69 Å². The number of aromatic nitrogens is 2. The van der Waals surface area contributed by atoms with Crippen LogP contribution in [0.2, 0.25) is 0 Å². The summed E-state index contributed by atoms with van der Waals surface area (Å²) in [6.45, 7) is 3.04. The summed E-state index contributed by atoms with van der Waals surface area (Å²) in [7, 11) is 3.12. The molecule has 4 rings (SSSR count). The Balaban J connectivity index is 1.42. The Morgan fingerprint density at radius 2 is 1.62 bits per heavy atom. The van der Waals surface area contributed by atoms with Gasteiger partial charge in [-0.25, -0.2) is 4.98 Å². The molecule has 0 atom stereocenters. The number of amides is 1. The fourth-order valence-electron chi connectivity index (χ4n) is 3.82. The van der Waals surface area contributed by atoms with Crippen molar-refractivity contribution in [3.63, 3.8) is 0 Å². The first kappa shape index (κ1) is 21.4. The second-order valence-corrected chi connectivity index (χ2v) is 7.51. The highest BCUT2D eigenvalue weighted by Gasteiger charge is 2.11. The van der Waals surface area contributed by atoms with Crippen LogP contribution in [0.3, 0.4) is 0 Å². The molecule has 0 unspecified atom stereocenters. The summed E-state index contributed by atoms with van der Waals surface area (Å²) < 4.78 is 12.8. The predicted octanol–water partition coefficient (Wildman–Crippen LogP) is 5.11. The van der Waals surface area contributed by atoms with Gasteiger partial charge in [-0.3, -0.25) is 4.79 Å². The van der Waals surface area contributed by atoms with Gasteiger partial charge in [-0.1, -0.05) is 24.3 Å². The van der Waals surface area contributed by atoms with Crippen molar-refractivity contribution in [3.8, 4) is 11.5 Å². The molecular weight excluding hydrogens is 402 g/mol. The van der Waals surface area contributed by atoms with Crippen molar-refractivity contribution in [1.82, 2.24) is 9.55 Å². The third-order valence-corrected chi connectivity index (χ3v) is 5.51. The van der Waals surface area contributed by atoms with Crippen LogP contribution >= 0.6 is 0 Å². The largest absolute Gasteiger partial charge is 0.497 e. The Bertz CT molecular complexity index is 1210. The van der Waals surface area contributed by atoms with E-state index in [1.165, 1.54) is 11.1 Å². The van der Waals surface area contributed by atoms with Crippen molar-refractivity contribution < 1.29 is 14.3 Å². The molecule has 0 saturated heterocycles. The molecule has 0 bridgehead atoms. The minimum atomic E-state index is -0.216. The Kier molecular flexibility index (Phi) is 6.40. The lowest BCUT2D eigenvalue weighted by molar-refractivity contribution is 0.102. The van der Waals surface area contributed by atoms with Crippen molar-refractivity contribution in [2.75, 3.05) is 19.5 Å². The van der Waals surface area contributed by atoms with E-state index in [1.54, 1.807) is 32.4 Å². The minimum Gasteiger partial charge on any atom is -0.497 e. The van der Waals surface area contributed by atoms with Gasteiger partial charge in [-0.05, 0) is 55.3 Å². The Hall–Kier alpha value is -3.80. The Morgan fingerprint density at radius 1 is 0.938 bits per heavy atom. The highest BCUT2D eigenvalue weighted by Crippen LogP contribution is 2.23. The molecule has 4 aromatic rings. The first-order chi connectivity index (χ1) is 15.6. The lowest BCUT2D eigenvalue weighted by Crippen LogP contribution is -2.12. The first-order valence-electron chi connectivity index (χ1n) is 10.7. The number of aryl methyl sites for hydroxylation is 3. The predicted molar refractivity (Wildman–Crippen MR) is 127 cm³/mol. The van der Waals surface area contributed by atoms with Crippen LogP contribution in [-0.2, 0) is 19.4 Å². The molecular formula is C26H27N3O3. The van der Waals surface area contributed by atoms with Gasteiger partial charge in [0.25, 0.3) is 5.91 Å². The number of nitrogens with zero attached hydrogens (tertiary/aromatic N) is 2. The van der Waals surface area contributed by atoms with Crippen LogP contribution in [0.5, 0.6) is 11.5 Å². The van der Waals surface area contributed by atoms with Gasteiger partial charge in [-0.2, -0.15) is 0 Å². The van der Waals surface area contributed by atoms with Gasteiger partial charge < -0.3 is 19.4 Å². The summed E-state index contributed by atoms with van der Waals surface area (Å²) in [5.74, 6) is 2.02. The number of methoxy groups -OCH3 is 2. The fourth-order valence-corrected chi connectivity index (χ4v) is 3.82. The number of nitrogens with one attached hydrogen (secondary N) is 1. The van der Waals surface area contributed by atoms with Gasteiger partial charge in [0, 0.05) is 30.3 Å². The Labute approximate surface area is 187 Å². The highest BCUT2D eigenvalue weighted by atomic mass is 16.5. The number of anilines is 1. The van der Waals surface area contributed by atoms with Crippen LogP contribution in [0.15, 0.2) is 66.7 Å². The number of fused-ring (bicyclic) bond motifs is 1. The molecule has 0 radical (unpaired) electrons. The van der Waals surface area contributed by atoms with E-state index in [4.69, 9.17) is 14.5 Å². The highest BCUT2D eigenvalue weighted by molar-refractivity contribution is 6.04. The number of carbonyl (C=O) groups is 1. The monoisotopic (exact) mass is 429 g/mol. The van der Waals surface area contributed by atoms with Crippen molar-refractivity contribution >= 4 is 22.6 Å². The normalized spacial score (nSPS) is 10.8. The quantitative estimate of drug-likeness (QED) is 0.423. The van der Waals surface area contributed by atoms with Gasteiger partial charge in [0.2, 0.25) is 0 Å². The van der Waals surface area contributed by atoms with E-state index in [2.05, 4.69) is 35.0 Å². The lowest BCUT2D eigenvalue weighted by Gasteiger charge is -2.10. The zero-order valence-corrected chi connectivity index (χ0v) is 18.6. The molecule has 0 aliphatic rings. The molecule has 32 heavy (non-hydrogen) atoms. The number of carbonyl (C=O) groups excluding carboxylic acids is 1. The molecule has 0 aliphatic carbocycles. The molecule has 6 heteroatoms. The van der Waals surface area contributed by atoms with Gasteiger partial charge in [0.1, 0.15) is 17.3 Å². The van der Waals surface area contributed by atoms with Crippen molar-refractivity contribution in [3.05, 3.63) is 83.7 Å². The second-order valence-electron chi connectivity index (χ2n) is 7.51. The average Bonchev–Trinajstić information content (AvgIpc) is 3.20. The summed E-state index contributed by atoms with van der Waals surface area (Å²) in [6, 6.07) is 21.3. The molecule has 0 spiro atoms. The molecule has 164 valence electrons. The molecule has 1 amide bonds. The van der Waals surface area contributed by atoms with Crippen molar-refractivity contribution in [1.29, 1.82) is 0 Å². The molecule has 3 aromatic carbocycles. The van der Waals surface area contributed by atoms with Crippen LogP contribution in [0.25, 0.3) is 11.0 Å². The molecule has 1 heterocycles. The van der Waals surface area contributed by atoms with E-state index in [9.17, 15) is 4.79 Å². The van der Waals surface area contributed by atoms with Crippen LogP contribution < -0.4 is 14.8 Å². The summed E-state index contributed by atoms with van der Waals surface area (Å²) in [4.78, 5) is 17.5. The summed E-state index contributed by atoms with van der Waals surface area (Å²) >= 11 is 0. The first-order valence-corrected chi connectivity index (χ1v) is 10.7. The number of hydrogen-bond acceptors (Lipinski definition) is 4. The second kappa shape index (κ2) is 9.56. The Morgan fingerprint density at radius 3 is 2.28 bits per heavy atom. The molecule has 6 nitrogen and oxygen atoms in total. The van der Waals surface area contributed by atoms with Crippen molar-refractivity contribution in [2.45, 2.75) is 26.3 Å². The van der Waals surface area contributed by atoms with Gasteiger partial charge in [0.05, 0.1) is 25.3 Å². The van der Waals surface area contributed by atoms with Gasteiger partial charge in [0.15, 0.2) is 0 Å². The molecule has 0 aliphatic heterocycles. The zero-order chi connectivity index (χ0) is 22.5. The topological polar surface area (TPSA) is 65.4 Å². The summed E-state index contributed by atoms with van der Waals surface area (Å²) in [5.41, 5.74) is 4.62. The smallest absolute Gasteiger partial charge is 0.255 e. The SMILES string of the molecule is CCn1c(CCc2ccc(NC(=O)c3cc(OC)cc(OC)c3)cc2)nc2ccccc21. The molecule has 0 fully saturated rings. The van der Waals surface area contributed by atoms with Crippen LogP contribution in [0.1, 0.15) is 28.7 Å². The molecule has 1 N–H and O–H groups in total. The average molecular weight is 430 g/mol. The van der Waals surface area contributed by atoms with E-state index < -0.39 is 0 Å². The van der Waals surface area contributed by atoms with E-state index in [0.717, 1.165) is 36.4 Å². The van der Waals surface area contributed by atoms with Crippen molar-refractivity contribution in [2.24, 2.45) is 0 Å². The third-order valence-electron chi connectivity index (χ3n) is 5.51. The maximum atomic E-state index is 12.7. The van der Waals surface area contributed by atoms with Gasteiger partial charge >= 0.3 is 0 Å². The standard InChI is InChI=1S/C26H27N3O3/c1-4-29-24-8-6-5-7-23(24)28-25(29)14-11-18-9-12-20(13-10-18)27-26(30)19-15-21(31-2)17-22(16-19)32-3/h5-10,12-13,15-17H,4,11,14H2,1-3H3,(H,27,30). The maximum Gasteiger partial charge on any atom is 0.255 e. The number of rotatable bonds is 8. The third kappa shape index (κ3) is 4.59. The number of hydrogen-bond donors (Lipinski definition) is 1. The van der Waals surface area contributed by atoms with E-state index >= 15 is 0 Å². The van der Waals surface area contributed by atoms with E-state index in [-0.39, 0.29) is 5.91 Å².